The minimum Gasteiger partial charge on any atom is -0.409 e. The molecule has 1 rings (SSSR count). The highest BCUT2D eigenvalue weighted by Crippen LogP contribution is 2.30. The van der Waals surface area contributed by atoms with E-state index in [1.165, 1.54) is 0 Å². The molecule has 0 saturated carbocycles. The molecule has 0 amide bonds. The van der Waals surface area contributed by atoms with Crippen LogP contribution in [0.1, 0.15) is 19.4 Å². The van der Waals surface area contributed by atoms with E-state index in [9.17, 15) is 5.11 Å². The van der Waals surface area contributed by atoms with Crippen molar-refractivity contribution in [2.75, 3.05) is 18.6 Å². The Balaban J connectivity index is 3.38. The number of hydrogen-bond acceptors (Lipinski definition) is 4. The third-order valence-electron chi connectivity index (χ3n) is 3.01. The lowest BCUT2D eigenvalue weighted by Crippen LogP contribution is -2.45. The molecule has 4 N–H and O–H groups in total. The first-order chi connectivity index (χ1) is 8.35. The number of rotatable bonds is 4. The van der Waals surface area contributed by atoms with E-state index in [4.69, 9.17) is 10.9 Å². The van der Waals surface area contributed by atoms with Gasteiger partial charge in [0, 0.05) is 17.2 Å². The van der Waals surface area contributed by atoms with Crippen LogP contribution in [0.3, 0.4) is 0 Å². The van der Waals surface area contributed by atoms with Crippen LogP contribution in [-0.4, -0.2) is 35.3 Å². The Morgan fingerprint density at radius 2 is 2.11 bits per heavy atom. The molecule has 1 aromatic rings. The summed E-state index contributed by atoms with van der Waals surface area (Å²) in [6.45, 7) is 3.81. The highest BCUT2D eigenvalue weighted by atomic mass is 79.9. The molecule has 1 aromatic carbocycles. The Labute approximate surface area is 115 Å². The average molecular weight is 316 g/mol. The Morgan fingerprint density at radius 3 is 2.61 bits per heavy atom. The molecule has 0 aliphatic carbocycles. The lowest BCUT2D eigenvalue weighted by molar-refractivity contribution is 0.216. The van der Waals surface area contributed by atoms with E-state index < -0.39 is 5.54 Å². The largest absolute Gasteiger partial charge is 0.409 e. The number of benzene rings is 1. The normalized spacial score (nSPS) is 12.6. The molecule has 0 aromatic heterocycles. The molecule has 0 bridgehead atoms. The van der Waals surface area contributed by atoms with Gasteiger partial charge in [-0.05, 0) is 41.9 Å². The van der Waals surface area contributed by atoms with E-state index in [0.29, 0.717) is 5.56 Å². The van der Waals surface area contributed by atoms with Gasteiger partial charge in [-0.25, -0.2) is 0 Å². The molecule has 0 unspecified atom stereocenters. The minimum absolute atomic E-state index is 0.00831. The van der Waals surface area contributed by atoms with Gasteiger partial charge in [0.2, 0.25) is 0 Å². The number of nitrogens with two attached hydrogens (primary N) is 1. The molecular formula is C12H18BrN3O2. The van der Waals surface area contributed by atoms with Crippen LogP contribution < -0.4 is 10.6 Å². The van der Waals surface area contributed by atoms with Gasteiger partial charge in [-0.2, -0.15) is 0 Å². The van der Waals surface area contributed by atoms with Gasteiger partial charge in [-0.1, -0.05) is 11.2 Å². The van der Waals surface area contributed by atoms with Crippen molar-refractivity contribution in [3.63, 3.8) is 0 Å². The Bertz CT molecular complexity index is 461. The van der Waals surface area contributed by atoms with Crippen LogP contribution in [-0.2, 0) is 0 Å². The van der Waals surface area contributed by atoms with Crippen LogP contribution in [0.5, 0.6) is 0 Å². The zero-order chi connectivity index (χ0) is 13.9. The summed E-state index contributed by atoms with van der Waals surface area (Å²) in [5.41, 5.74) is 6.62. The molecule has 6 heteroatoms. The number of oxime groups is 1. The van der Waals surface area contributed by atoms with Crippen molar-refractivity contribution in [2.45, 2.75) is 19.4 Å². The van der Waals surface area contributed by atoms with E-state index in [2.05, 4.69) is 21.1 Å². The lowest BCUT2D eigenvalue weighted by atomic mass is 10.0. The number of anilines is 1. The number of nitrogens with zero attached hydrogens (tertiary/aromatic N) is 2. The van der Waals surface area contributed by atoms with E-state index >= 15 is 0 Å². The molecule has 0 aliphatic heterocycles. The quantitative estimate of drug-likeness (QED) is 0.342. The summed E-state index contributed by atoms with van der Waals surface area (Å²) in [4.78, 5) is 1.89. The smallest absolute Gasteiger partial charge is 0.173 e. The standard InChI is InChI=1S/C12H18BrN3O2/c1-12(2,7-17)16(3)9-6-4-5-8(13)10(9)11(14)15-18/h4-6,17-18H,7H2,1-3H3,(H2,14,15). The summed E-state index contributed by atoms with van der Waals surface area (Å²) < 4.78 is 0.732. The van der Waals surface area contributed by atoms with Crippen molar-refractivity contribution in [3.05, 3.63) is 28.2 Å². The van der Waals surface area contributed by atoms with E-state index in [0.717, 1.165) is 10.2 Å². The van der Waals surface area contributed by atoms with Crippen LogP contribution >= 0.6 is 15.9 Å². The van der Waals surface area contributed by atoms with Gasteiger partial charge < -0.3 is 20.9 Å². The fourth-order valence-electron chi connectivity index (χ4n) is 1.53. The third-order valence-corrected chi connectivity index (χ3v) is 3.67. The molecule has 0 saturated heterocycles. The van der Waals surface area contributed by atoms with Gasteiger partial charge in [0.25, 0.3) is 0 Å². The second kappa shape index (κ2) is 5.58. The van der Waals surface area contributed by atoms with E-state index in [1.54, 1.807) is 0 Å². The van der Waals surface area contributed by atoms with Crippen LogP contribution in [0.2, 0.25) is 0 Å². The first kappa shape index (κ1) is 14.8. The monoisotopic (exact) mass is 315 g/mol. The number of aliphatic hydroxyl groups excluding tert-OH is 1. The highest BCUT2D eigenvalue weighted by molar-refractivity contribution is 9.10. The summed E-state index contributed by atoms with van der Waals surface area (Å²) in [6.07, 6.45) is 0. The topological polar surface area (TPSA) is 82.1 Å². The Kier molecular flexibility index (Phi) is 4.59. The minimum atomic E-state index is -0.453. The van der Waals surface area contributed by atoms with E-state index in [-0.39, 0.29) is 12.4 Å². The summed E-state index contributed by atoms with van der Waals surface area (Å²) in [5, 5.41) is 21.3. The molecule has 100 valence electrons. The van der Waals surface area contributed by atoms with Crippen molar-refractivity contribution >= 4 is 27.5 Å². The van der Waals surface area contributed by atoms with E-state index in [1.807, 2.05) is 44.0 Å². The van der Waals surface area contributed by atoms with Crippen LogP contribution in [0, 0.1) is 0 Å². The number of aliphatic hydroxyl groups is 1. The fourth-order valence-corrected chi connectivity index (χ4v) is 2.09. The van der Waals surface area contributed by atoms with Crippen molar-refractivity contribution in [3.8, 4) is 0 Å². The Morgan fingerprint density at radius 1 is 1.50 bits per heavy atom. The van der Waals surface area contributed by atoms with Gasteiger partial charge in [0.05, 0.1) is 17.7 Å². The van der Waals surface area contributed by atoms with Crippen LogP contribution in [0.4, 0.5) is 5.69 Å². The molecule has 0 radical (unpaired) electrons. The molecule has 0 fully saturated rings. The number of hydrogen-bond donors (Lipinski definition) is 3. The fraction of sp³-hybridized carbons (Fsp3) is 0.417. The van der Waals surface area contributed by atoms with Gasteiger partial charge in [-0.3, -0.25) is 0 Å². The van der Waals surface area contributed by atoms with Crippen molar-refractivity contribution in [1.82, 2.24) is 0 Å². The molecule has 0 heterocycles. The molecule has 0 aliphatic rings. The second-order valence-electron chi connectivity index (χ2n) is 4.65. The predicted molar refractivity (Wildman–Crippen MR) is 76.2 cm³/mol. The number of likely N-dealkylation sites (N-methyl/N-ethyl adjacent to an activating group) is 1. The average Bonchev–Trinajstić information content (AvgIpc) is 2.36. The van der Waals surface area contributed by atoms with Gasteiger partial charge in [0.1, 0.15) is 0 Å². The predicted octanol–water partition coefficient (Wildman–Crippen LogP) is 1.75. The highest BCUT2D eigenvalue weighted by Gasteiger charge is 2.26. The first-order valence-electron chi connectivity index (χ1n) is 5.46. The SMILES string of the molecule is CN(c1cccc(Br)c1/C(N)=N/O)C(C)(C)CO. The maximum Gasteiger partial charge on any atom is 0.173 e. The molecule has 0 atom stereocenters. The van der Waals surface area contributed by atoms with Crippen molar-refractivity contribution in [2.24, 2.45) is 10.9 Å². The molecule has 18 heavy (non-hydrogen) atoms. The van der Waals surface area contributed by atoms with Crippen molar-refractivity contribution < 1.29 is 10.3 Å². The zero-order valence-electron chi connectivity index (χ0n) is 10.7. The summed E-state index contributed by atoms with van der Waals surface area (Å²) in [5.74, 6) is 0.0260. The van der Waals surface area contributed by atoms with Crippen molar-refractivity contribution in [1.29, 1.82) is 0 Å². The van der Waals surface area contributed by atoms with Gasteiger partial charge in [-0.15, -0.1) is 0 Å². The summed E-state index contributed by atoms with van der Waals surface area (Å²) >= 11 is 3.38. The zero-order valence-corrected chi connectivity index (χ0v) is 12.3. The lowest BCUT2D eigenvalue weighted by Gasteiger charge is -2.37. The number of amidine groups is 1. The maximum atomic E-state index is 9.42. The van der Waals surface area contributed by atoms with Gasteiger partial charge >= 0.3 is 0 Å². The molecule has 5 nitrogen and oxygen atoms in total. The Hall–Kier alpha value is -1.27. The van der Waals surface area contributed by atoms with Gasteiger partial charge in [0.15, 0.2) is 5.84 Å². The maximum absolute atomic E-state index is 9.42. The number of halogens is 1. The molecule has 0 spiro atoms. The third kappa shape index (κ3) is 2.76. The van der Waals surface area contributed by atoms with Crippen LogP contribution in [0.15, 0.2) is 27.8 Å². The first-order valence-corrected chi connectivity index (χ1v) is 6.25. The molecular weight excluding hydrogens is 298 g/mol. The summed E-state index contributed by atoms with van der Waals surface area (Å²) in [6, 6.07) is 5.53. The second-order valence-corrected chi connectivity index (χ2v) is 5.50. The van der Waals surface area contributed by atoms with Crippen LogP contribution in [0.25, 0.3) is 0 Å². The summed E-state index contributed by atoms with van der Waals surface area (Å²) in [7, 11) is 1.85.